The minimum atomic E-state index is -0.250. The van der Waals surface area contributed by atoms with Crippen molar-refractivity contribution in [1.29, 1.82) is 0 Å². The Labute approximate surface area is 155 Å². The summed E-state index contributed by atoms with van der Waals surface area (Å²) in [6, 6.07) is 4.55. The van der Waals surface area contributed by atoms with Crippen molar-refractivity contribution >= 4 is 34.0 Å². The number of benzene rings is 1. The highest BCUT2D eigenvalue weighted by Gasteiger charge is 2.17. The molecule has 0 saturated carbocycles. The lowest BCUT2D eigenvalue weighted by Gasteiger charge is -2.24. The molecule has 1 aromatic carbocycles. The molecule has 2 amide bonds. The minimum Gasteiger partial charge on any atom is -0.491 e. The van der Waals surface area contributed by atoms with Gasteiger partial charge in [-0.3, -0.25) is 14.4 Å². The zero-order valence-corrected chi connectivity index (χ0v) is 16.0. The standard InChI is InChI=1S/C17H23BrN2O5/c1-3-20(5-4-19(2)16(23)11-18)17(24)14-8-13(12-22)9-15(10-14)25-7-6-21/h8-10,12,21H,3-7,11H2,1-2H3. The Morgan fingerprint density at radius 1 is 1.28 bits per heavy atom. The molecule has 0 spiro atoms. The molecule has 138 valence electrons. The lowest BCUT2D eigenvalue weighted by Crippen LogP contribution is -2.39. The minimum absolute atomic E-state index is 0.0638. The highest BCUT2D eigenvalue weighted by molar-refractivity contribution is 9.09. The van der Waals surface area contributed by atoms with Gasteiger partial charge in [-0.1, -0.05) is 15.9 Å². The Morgan fingerprint density at radius 3 is 2.56 bits per heavy atom. The van der Waals surface area contributed by atoms with E-state index in [4.69, 9.17) is 9.84 Å². The van der Waals surface area contributed by atoms with Crippen molar-refractivity contribution in [2.24, 2.45) is 0 Å². The van der Waals surface area contributed by atoms with Crippen LogP contribution in [0, 0.1) is 0 Å². The van der Waals surface area contributed by atoms with Crippen molar-refractivity contribution in [2.45, 2.75) is 6.92 Å². The fraction of sp³-hybridized carbons (Fsp3) is 0.471. The number of carbonyl (C=O) groups excluding carboxylic acids is 3. The molecule has 0 aliphatic heterocycles. The van der Waals surface area contributed by atoms with Crippen LogP contribution in [-0.4, -0.2) is 78.2 Å². The first-order chi connectivity index (χ1) is 12.0. The summed E-state index contributed by atoms with van der Waals surface area (Å²) in [5.74, 6) is 0.0375. The van der Waals surface area contributed by atoms with Gasteiger partial charge in [0.15, 0.2) is 0 Å². The van der Waals surface area contributed by atoms with Crippen molar-refractivity contribution in [1.82, 2.24) is 9.80 Å². The average Bonchev–Trinajstić information content (AvgIpc) is 2.65. The summed E-state index contributed by atoms with van der Waals surface area (Å²) in [5, 5.41) is 9.07. The van der Waals surface area contributed by atoms with E-state index in [1.54, 1.807) is 22.9 Å². The first-order valence-electron chi connectivity index (χ1n) is 7.89. The van der Waals surface area contributed by atoms with Gasteiger partial charge in [0.2, 0.25) is 5.91 Å². The van der Waals surface area contributed by atoms with E-state index in [-0.39, 0.29) is 30.4 Å². The number of hydrogen-bond donors (Lipinski definition) is 1. The van der Waals surface area contributed by atoms with Crippen LogP contribution in [0.15, 0.2) is 18.2 Å². The van der Waals surface area contributed by atoms with Gasteiger partial charge < -0.3 is 19.6 Å². The van der Waals surface area contributed by atoms with E-state index in [2.05, 4.69) is 15.9 Å². The Morgan fingerprint density at radius 2 is 2.00 bits per heavy atom. The summed E-state index contributed by atoms with van der Waals surface area (Å²) >= 11 is 3.11. The molecule has 0 aliphatic rings. The van der Waals surface area contributed by atoms with Gasteiger partial charge in [-0.2, -0.15) is 0 Å². The topological polar surface area (TPSA) is 87.2 Å². The maximum atomic E-state index is 12.7. The number of aliphatic hydroxyl groups is 1. The zero-order valence-electron chi connectivity index (χ0n) is 14.4. The molecule has 0 atom stereocenters. The van der Waals surface area contributed by atoms with E-state index >= 15 is 0 Å². The fourth-order valence-corrected chi connectivity index (χ4v) is 2.57. The average molecular weight is 415 g/mol. The highest BCUT2D eigenvalue weighted by atomic mass is 79.9. The van der Waals surface area contributed by atoms with Gasteiger partial charge in [-0.25, -0.2) is 0 Å². The van der Waals surface area contributed by atoms with Crippen LogP contribution < -0.4 is 4.74 Å². The largest absolute Gasteiger partial charge is 0.491 e. The van der Waals surface area contributed by atoms with Crippen molar-refractivity contribution in [3.05, 3.63) is 29.3 Å². The number of hydrogen-bond acceptors (Lipinski definition) is 5. The number of likely N-dealkylation sites (N-methyl/N-ethyl adjacent to an activating group) is 2. The van der Waals surface area contributed by atoms with Crippen LogP contribution in [0.1, 0.15) is 27.6 Å². The summed E-state index contributed by atoms with van der Waals surface area (Å²) in [5.41, 5.74) is 0.648. The Balaban J connectivity index is 2.90. The summed E-state index contributed by atoms with van der Waals surface area (Å²) in [7, 11) is 1.68. The third kappa shape index (κ3) is 6.47. The second kappa shape index (κ2) is 10.8. The summed E-state index contributed by atoms with van der Waals surface area (Å²) in [4.78, 5) is 38.5. The van der Waals surface area contributed by atoms with Crippen molar-refractivity contribution in [2.75, 3.05) is 45.2 Å². The molecule has 0 saturated heterocycles. The number of amides is 2. The molecule has 1 aromatic rings. The summed E-state index contributed by atoms with van der Waals surface area (Å²) in [6.07, 6.45) is 0.640. The zero-order chi connectivity index (χ0) is 18.8. The predicted molar refractivity (Wildman–Crippen MR) is 97.4 cm³/mol. The van der Waals surface area contributed by atoms with E-state index < -0.39 is 0 Å². The molecule has 0 aromatic heterocycles. The molecule has 0 fully saturated rings. The van der Waals surface area contributed by atoms with Gasteiger partial charge in [0.1, 0.15) is 18.6 Å². The molecule has 0 radical (unpaired) electrons. The molecular formula is C17H23BrN2O5. The molecule has 0 aliphatic carbocycles. The molecule has 0 heterocycles. The second-order valence-electron chi connectivity index (χ2n) is 5.31. The summed E-state index contributed by atoms with van der Waals surface area (Å²) in [6.45, 7) is 3.01. The number of aliphatic hydroxyl groups excluding tert-OH is 1. The van der Waals surface area contributed by atoms with E-state index in [1.165, 1.54) is 12.1 Å². The number of rotatable bonds is 10. The van der Waals surface area contributed by atoms with Gasteiger partial charge in [0.25, 0.3) is 5.91 Å². The molecule has 0 unspecified atom stereocenters. The van der Waals surface area contributed by atoms with Gasteiger partial charge in [0, 0.05) is 37.8 Å². The van der Waals surface area contributed by atoms with Gasteiger partial charge in [0.05, 0.1) is 11.9 Å². The summed E-state index contributed by atoms with van der Waals surface area (Å²) < 4.78 is 5.31. The first kappa shape index (κ1) is 21.1. The van der Waals surface area contributed by atoms with Crippen molar-refractivity contribution in [3.63, 3.8) is 0 Å². The van der Waals surface area contributed by atoms with Crippen LogP contribution in [-0.2, 0) is 4.79 Å². The van der Waals surface area contributed by atoms with E-state index in [0.717, 1.165) is 0 Å². The molecule has 1 N–H and O–H groups in total. The lowest BCUT2D eigenvalue weighted by molar-refractivity contribution is -0.127. The van der Waals surface area contributed by atoms with Crippen LogP contribution in [0.5, 0.6) is 5.75 Å². The Kier molecular flexibility index (Phi) is 9.15. The third-order valence-electron chi connectivity index (χ3n) is 3.59. The van der Waals surface area contributed by atoms with Crippen LogP contribution in [0.2, 0.25) is 0 Å². The maximum Gasteiger partial charge on any atom is 0.254 e. The monoisotopic (exact) mass is 414 g/mol. The highest BCUT2D eigenvalue weighted by Crippen LogP contribution is 2.18. The van der Waals surface area contributed by atoms with Gasteiger partial charge in [-0.05, 0) is 25.1 Å². The predicted octanol–water partition coefficient (Wildman–Crippen LogP) is 1.19. The van der Waals surface area contributed by atoms with Gasteiger partial charge >= 0.3 is 0 Å². The number of ether oxygens (including phenoxy) is 1. The van der Waals surface area contributed by atoms with Crippen molar-refractivity contribution in [3.8, 4) is 5.75 Å². The van der Waals surface area contributed by atoms with Gasteiger partial charge in [-0.15, -0.1) is 0 Å². The SMILES string of the molecule is CCN(CCN(C)C(=O)CBr)C(=O)c1cc(C=O)cc(OCCO)c1. The number of nitrogens with zero attached hydrogens (tertiary/aromatic N) is 2. The molecular weight excluding hydrogens is 392 g/mol. The lowest BCUT2D eigenvalue weighted by atomic mass is 10.1. The number of halogens is 1. The van der Waals surface area contributed by atoms with Crippen LogP contribution in [0.4, 0.5) is 0 Å². The first-order valence-corrected chi connectivity index (χ1v) is 9.02. The smallest absolute Gasteiger partial charge is 0.254 e. The van der Waals surface area contributed by atoms with E-state index in [0.29, 0.717) is 42.8 Å². The normalized spacial score (nSPS) is 10.2. The molecule has 0 bridgehead atoms. The third-order valence-corrected chi connectivity index (χ3v) is 4.07. The molecule has 8 heteroatoms. The number of aldehydes is 1. The fourth-order valence-electron chi connectivity index (χ4n) is 2.14. The second-order valence-corrected chi connectivity index (χ2v) is 5.88. The quantitative estimate of drug-likeness (QED) is 0.458. The van der Waals surface area contributed by atoms with Crippen LogP contribution in [0.25, 0.3) is 0 Å². The Hall–Kier alpha value is -1.93. The van der Waals surface area contributed by atoms with E-state index in [9.17, 15) is 14.4 Å². The molecule has 7 nitrogen and oxygen atoms in total. The van der Waals surface area contributed by atoms with Crippen molar-refractivity contribution < 1.29 is 24.2 Å². The Bertz CT molecular complexity index is 609. The molecule has 1 rings (SSSR count). The number of carbonyl (C=O) groups is 3. The van der Waals surface area contributed by atoms with E-state index in [1.807, 2.05) is 6.92 Å². The maximum absolute atomic E-state index is 12.7. The molecule has 25 heavy (non-hydrogen) atoms. The number of alkyl halides is 1. The van der Waals surface area contributed by atoms with Crippen LogP contribution >= 0.6 is 15.9 Å². The van der Waals surface area contributed by atoms with Crippen LogP contribution in [0.3, 0.4) is 0 Å².